The number of halogens is 1. The van der Waals surface area contributed by atoms with E-state index in [1.165, 1.54) is 37.9 Å². The topological polar surface area (TPSA) is 70.2 Å². The molecule has 0 spiro atoms. The number of nitrogens with zero attached hydrogens (tertiary/aromatic N) is 3. The van der Waals surface area contributed by atoms with Crippen LogP contribution < -0.4 is 10.6 Å². The number of hydrogen-bond donors (Lipinski definition) is 2. The van der Waals surface area contributed by atoms with Crippen LogP contribution in [-0.4, -0.2) is 53.0 Å². The van der Waals surface area contributed by atoms with E-state index in [0.29, 0.717) is 5.69 Å². The molecule has 1 amide bonds. The van der Waals surface area contributed by atoms with Crippen molar-refractivity contribution in [3.05, 3.63) is 47.9 Å². The average molecular weight is 416 g/mol. The zero-order valence-electron chi connectivity index (χ0n) is 16.8. The maximum absolute atomic E-state index is 12.4. The van der Waals surface area contributed by atoms with Crippen molar-refractivity contribution in [3.8, 4) is 11.3 Å². The average Bonchev–Trinajstić information content (AvgIpc) is 2.76. The van der Waals surface area contributed by atoms with Gasteiger partial charge in [-0.15, -0.1) is 12.4 Å². The molecule has 0 aliphatic carbocycles. The molecule has 29 heavy (non-hydrogen) atoms. The van der Waals surface area contributed by atoms with E-state index in [-0.39, 0.29) is 24.4 Å². The number of rotatable bonds is 5. The lowest BCUT2D eigenvalue weighted by Gasteiger charge is -2.26. The Bertz CT molecular complexity index is 769. The largest absolute Gasteiger partial charge is 0.348 e. The molecule has 2 aromatic rings. The molecule has 0 unspecified atom stereocenters. The van der Waals surface area contributed by atoms with Crippen molar-refractivity contribution in [3.63, 3.8) is 0 Å². The van der Waals surface area contributed by atoms with Gasteiger partial charge in [0.05, 0.1) is 18.1 Å². The van der Waals surface area contributed by atoms with Gasteiger partial charge in [-0.25, -0.2) is 4.98 Å². The molecule has 3 heterocycles. The summed E-state index contributed by atoms with van der Waals surface area (Å²) >= 11 is 0. The van der Waals surface area contributed by atoms with Crippen LogP contribution in [0.1, 0.15) is 48.2 Å². The fourth-order valence-electron chi connectivity index (χ4n) is 3.98. The number of nitrogens with one attached hydrogen (secondary N) is 2. The summed E-state index contributed by atoms with van der Waals surface area (Å²) in [7, 11) is 0. The number of likely N-dealkylation sites (tertiary alicyclic amines) is 1. The standard InChI is InChI=1S/C22H29N5O.ClH/c28-22(26-19-8-10-23-11-9-19)21-15-24-20(14-25-21)18-6-4-17(5-7-18)16-27-12-2-1-3-13-27;/h4-7,14-15,19,23H,1-3,8-13,16H2,(H,26,28);1H. The van der Waals surface area contributed by atoms with Gasteiger partial charge in [0, 0.05) is 18.2 Å². The maximum Gasteiger partial charge on any atom is 0.271 e. The SMILES string of the molecule is Cl.O=C(NC1CCNCC1)c1cnc(-c2ccc(CN3CCCCC3)cc2)cn1. The van der Waals surface area contributed by atoms with Crippen LogP contribution >= 0.6 is 12.4 Å². The molecular weight excluding hydrogens is 386 g/mol. The number of amides is 1. The molecule has 1 aromatic heterocycles. The second-order valence-corrected chi connectivity index (χ2v) is 7.82. The van der Waals surface area contributed by atoms with Gasteiger partial charge in [0.2, 0.25) is 0 Å². The van der Waals surface area contributed by atoms with Crippen molar-refractivity contribution in [2.75, 3.05) is 26.2 Å². The predicted molar refractivity (Wildman–Crippen MR) is 117 cm³/mol. The van der Waals surface area contributed by atoms with Crippen molar-refractivity contribution in [2.24, 2.45) is 0 Å². The molecule has 0 atom stereocenters. The van der Waals surface area contributed by atoms with Crippen LogP contribution in [0.25, 0.3) is 11.3 Å². The lowest BCUT2D eigenvalue weighted by molar-refractivity contribution is 0.0924. The summed E-state index contributed by atoms with van der Waals surface area (Å²) in [4.78, 5) is 23.7. The Morgan fingerprint density at radius 2 is 1.76 bits per heavy atom. The van der Waals surface area contributed by atoms with Crippen LogP contribution in [0.2, 0.25) is 0 Å². The van der Waals surface area contributed by atoms with E-state index in [0.717, 1.165) is 43.7 Å². The molecule has 2 aliphatic heterocycles. The van der Waals surface area contributed by atoms with Gasteiger partial charge >= 0.3 is 0 Å². The number of benzene rings is 1. The summed E-state index contributed by atoms with van der Waals surface area (Å²) in [5.74, 6) is -0.136. The Morgan fingerprint density at radius 3 is 2.41 bits per heavy atom. The van der Waals surface area contributed by atoms with E-state index < -0.39 is 0 Å². The number of piperidine rings is 2. The Kier molecular flexibility index (Phi) is 7.98. The molecule has 2 fully saturated rings. The van der Waals surface area contributed by atoms with Gasteiger partial charge in [0.25, 0.3) is 5.91 Å². The van der Waals surface area contributed by atoms with Gasteiger partial charge in [-0.2, -0.15) is 0 Å². The van der Waals surface area contributed by atoms with E-state index >= 15 is 0 Å². The van der Waals surface area contributed by atoms with Gasteiger partial charge in [-0.05, 0) is 57.4 Å². The van der Waals surface area contributed by atoms with Crippen LogP contribution in [0.5, 0.6) is 0 Å². The van der Waals surface area contributed by atoms with Gasteiger partial charge in [-0.1, -0.05) is 30.7 Å². The van der Waals surface area contributed by atoms with Crippen LogP contribution in [0, 0.1) is 0 Å². The van der Waals surface area contributed by atoms with E-state index in [1.807, 2.05) is 0 Å². The van der Waals surface area contributed by atoms with Crippen LogP contribution in [0.3, 0.4) is 0 Å². The third-order valence-corrected chi connectivity index (χ3v) is 5.66. The molecule has 6 nitrogen and oxygen atoms in total. The summed E-state index contributed by atoms with van der Waals surface area (Å²) in [5, 5.41) is 6.35. The third-order valence-electron chi connectivity index (χ3n) is 5.66. The highest BCUT2D eigenvalue weighted by atomic mass is 35.5. The maximum atomic E-state index is 12.4. The van der Waals surface area contributed by atoms with Gasteiger partial charge in [-0.3, -0.25) is 14.7 Å². The van der Waals surface area contributed by atoms with E-state index in [4.69, 9.17) is 0 Å². The number of carbonyl (C=O) groups excluding carboxylic acids is 1. The fourth-order valence-corrected chi connectivity index (χ4v) is 3.98. The molecule has 156 valence electrons. The Balaban J connectivity index is 0.00000240. The van der Waals surface area contributed by atoms with Crippen LogP contribution in [0.15, 0.2) is 36.7 Å². The predicted octanol–water partition coefficient (Wildman–Crippen LogP) is 3.03. The van der Waals surface area contributed by atoms with E-state index in [2.05, 4.69) is 49.8 Å². The molecule has 0 radical (unpaired) electrons. The summed E-state index contributed by atoms with van der Waals surface area (Å²) in [6.07, 6.45) is 9.17. The number of carbonyl (C=O) groups is 1. The van der Waals surface area contributed by atoms with Crippen molar-refractivity contribution in [1.82, 2.24) is 25.5 Å². The van der Waals surface area contributed by atoms with Crippen LogP contribution in [0.4, 0.5) is 0 Å². The van der Waals surface area contributed by atoms with Crippen molar-refractivity contribution in [1.29, 1.82) is 0 Å². The molecule has 0 saturated carbocycles. The minimum absolute atomic E-state index is 0. The lowest BCUT2D eigenvalue weighted by Crippen LogP contribution is -2.42. The van der Waals surface area contributed by atoms with Crippen molar-refractivity contribution >= 4 is 18.3 Å². The zero-order valence-corrected chi connectivity index (χ0v) is 17.6. The lowest BCUT2D eigenvalue weighted by atomic mass is 10.1. The molecule has 7 heteroatoms. The normalized spacial score (nSPS) is 18.1. The highest BCUT2D eigenvalue weighted by Gasteiger charge is 2.17. The first-order chi connectivity index (χ1) is 13.8. The van der Waals surface area contributed by atoms with Gasteiger partial charge < -0.3 is 10.6 Å². The first-order valence-electron chi connectivity index (χ1n) is 10.4. The Labute approximate surface area is 178 Å². The van der Waals surface area contributed by atoms with E-state index in [1.54, 1.807) is 12.4 Å². The van der Waals surface area contributed by atoms with Crippen molar-refractivity contribution in [2.45, 2.75) is 44.7 Å². The zero-order chi connectivity index (χ0) is 19.2. The quantitative estimate of drug-likeness (QED) is 0.785. The number of aromatic nitrogens is 2. The monoisotopic (exact) mass is 415 g/mol. The molecule has 2 N–H and O–H groups in total. The first kappa shape index (κ1) is 21.7. The smallest absolute Gasteiger partial charge is 0.271 e. The van der Waals surface area contributed by atoms with Gasteiger partial charge in [0.15, 0.2) is 0 Å². The highest BCUT2D eigenvalue weighted by molar-refractivity contribution is 5.92. The highest BCUT2D eigenvalue weighted by Crippen LogP contribution is 2.19. The molecule has 2 aliphatic rings. The molecule has 1 aromatic carbocycles. The second-order valence-electron chi connectivity index (χ2n) is 7.82. The summed E-state index contributed by atoms with van der Waals surface area (Å²) < 4.78 is 0. The third kappa shape index (κ3) is 5.98. The minimum Gasteiger partial charge on any atom is -0.348 e. The van der Waals surface area contributed by atoms with Crippen LogP contribution in [-0.2, 0) is 6.54 Å². The fraction of sp³-hybridized carbons (Fsp3) is 0.500. The summed E-state index contributed by atoms with van der Waals surface area (Å²) in [6, 6.07) is 8.76. The molecular formula is C22H30ClN5O. The van der Waals surface area contributed by atoms with Crippen molar-refractivity contribution < 1.29 is 4.79 Å². The molecule has 4 rings (SSSR count). The first-order valence-corrected chi connectivity index (χ1v) is 10.4. The summed E-state index contributed by atoms with van der Waals surface area (Å²) in [6.45, 7) is 5.32. The molecule has 2 saturated heterocycles. The summed E-state index contributed by atoms with van der Waals surface area (Å²) in [5.41, 5.74) is 3.53. The minimum atomic E-state index is -0.136. The Morgan fingerprint density at radius 1 is 1.03 bits per heavy atom. The number of hydrogen-bond acceptors (Lipinski definition) is 5. The van der Waals surface area contributed by atoms with E-state index in [9.17, 15) is 4.79 Å². The van der Waals surface area contributed by atoms with Gasteiger partial charge in [0.1, 0.15) is 5.69 Å². The Hall–Kier alpha value is -2.02. The molecule has 0 bridgehead atoms. The second kappa shape index (κ2) is 10.7.